The molecule has 0 saturated carbocycles. The summed E-state index contributed by atoms with van der Waals surface area (Å²) in [4.78, 5) is 27.6. The first-order chi connectivity index (χ1) is 12.0. The lowest BCUT2D eigenvalue weighted by atomic mass is 10.1. The van der Waals surface area contributed by atoms with Gasteiger partial charge in [0.2, 0.25) is 11.8 Å². The third-order valence-electron chi connectivity index (χ3n) is 3.67. The molecule has 0 radical (unpaired) electrons. The molecule has 25 heavy (non-hydrogen) atoms. The van der Waals surface area contributed by atoms with E-state index < -0.39 is 0 Å². The maximum atomic E-state index is 12.2. The SMILES string of the molecule is CC(=O)Nc1nc2ccc(CC(=O)NCc3cccc(C)c3)cc2s1. The number of anilines is 1. The number of thiazole rings is 1. The third kappa shape index (κ3) is 4.64. The predicted molar refractivity (Wildman–Crippen MR) is 101 cm³/mol. The van der Waals surface area contributed by atoms with Gasteiger partial charge in [-0.1, -0.05) is 47.2 Å². The summed E-state index contributed by atoms with van der Waals surface area (Å²) in [5.41, 5.74) is 4.01. The first-order valence-electron chi connectivity index (χ1n) is 7.99. The van der Waals surface area contributed by atoms with Gasteiger partial charge >= 0.3 is 0 Å². The Morgan fingerprint density at radius 3 is 2.72 bits per heavy atom. The Balaban J connectivity index is 1.63. The molecule has 2 aromatic carbocycles. The molecule has 0 aliphatic rings. The average Bonchev–Trinajstić information content (AvgIpc) is 2.93. The minimum absolute atomic E-state index is 0.0209. The Morgan fingerprint density at radius 1 is 1.12 bits per heavy atom. The number of aromatic nitrogens is 1. The molecule has 1 aromatic heterocycles. The first kappa shape index (κ1) is 17.1. The van der Waals surface area contributed by atoms with Crippen LogP contribution in [0.5, 0.6) is 0 Å². The Labute approximate surface area is 150 Å². The molecule has 0 aliphatic carbocycles. The molecular formula is C19H19N3O2S. The van der Waals surface area contributed by atoms with E-state index in [1.807, 2.05) is 43.3 Å². The Kier molecular flexibility index (Phi) is 5.09. The zero-order valence-electron chi connectivity index (χ0n) is 14.1. The number of fused-ring (bicyclic) bond motifs is 1. The summed E-state index contributed by atoms with van der Waals surface area (Å²) in [6, 6.07) is 13.8. The average molecular weight is 353 g/mol. The van der Waals surface area contributed by atoms with Crippen molar-refractivity contribution < 1.29 is 9.59 Å². The third-order valence-corrected chi connectivity index (χ3v) is 4.61. The lowest BCUT2D eigenvalue weighted by Gasteiger charge is -2.06. The van der Waals surface area contributed by atoms with Gasteiger partial charge in [-0.3, -0.25) is 9.59 Å². The Bertz CT molecular complexity index is 933. The number of aryl methyl sites for hydroxylation is 1. The molecule has 0 fully saturated rings. The fourth-order valence-corrected chi connectivity index (χ4v) is 3.53. The van der Waals surface area contributed by atoms with Gasteiger partial charge in [-0.05, 0) is 30.2 Å². The van der Waals surface area contributed by atoms with E-state index in [0.717, 1.165) is 21.3 Å². The number of hydrogen-bond donors (Lipinski definition) is 2. The molecule has 3 aromatic rings. The maximum absolute atomic E-state index is 12.2. The zero-order chi connectivity index (χ0) is 17.8. The van der Waals surface area contributed by atoms with Crippen molar-refractivity contribution in [3.05, 3.63) is 59.2 Å². The maximum Gasteiger partial charge on any atom is 0.224 e. The van der Waals surface area contributed by atoms with Crippen molar-refractivity contribution in [2.45, 2.75) is 26.8 Å². The van der Waals surface area contributed by atoms with Gasteiger partial charge in [0.1, 0.15) is 0 Å². The van der Waals surface area contributed by atoms with Crippen LogP contribution in [-0.2, 0) is 22.6 Å². The van der Waals surface area contributed by atoms with E-state index in [9.17, 15) is 9.59 Å². The summed E-state index contributed by atoms with van der Waals surface area (Å²) in [6.07, 6.45) is 0.315. The molecule has 1 heterocycles. The molecule has 0 atom stereocenters. The molecule has 0 bridgehead atoms. The van der Waals surface area contributed by atoms with Crippen LogP contribution >= 0.6 is 11.3 Å². The fraction of sp³-hybridized carbons (Fsp3) is 0.211. The molecule has 0 spiro atoms. The van der Waals surface area contributed by atoms with Crippen LogP contribution in [-0.4, -0.2) is 16.8 Å². The number of benzene rings is 2. The van der Waals surface area contributed by atoms with E-state index in [2.05, 4.69) is 21.7 Å². The molecular weight excluding hydrogens is 334 g/mol. The van der Waals surface area contributed by atoms with Crippen LogP contribution in [0.3, 0.4) is 0 Å². The van der Waals surface area contributed by atoms with E-state index in [-0.39, 0.29) is 11.8 Å². The number of hydrogen-bond acceptors (Lipinski definition) is 4. The molecule has 6 heteroatoms. The van der Waals surface area contributed by atoms with Crippen LogP contribution in [0.4, 0.5) is 5.13 Å². The van der Waals surface area contributed by atoms with Crippen molar-refractivity contribution in [3.63, 3.8) is 0 Å². The van der Waals surface area contributed by atoms with Crippen LogP contribution in [0.2, 0.25) is 0 Å². The summed E-state index contributed by atoms with van der Waals surface area (Å²) >= 11 is 1.40. The Hall–Kier alpha value is -2.73. The summed E-state index contributed by atoms with van der Waals surface area (Å²) in [5.74, 6) is -0.165. The molecule has 0 unspecified atom stereocenters. The number of nitrogens with zero attached hydrogens (tertiary/aromatic N) is 1. The smallest absolute Gasteiger partial charge is 0.224 e. The van der Waals surface area contributed by atoms with Gasteiger partial charge < -0.3 is 10.6 Å². The van der Waals surface area contributed by atoms with E-state index in [4.69, 9.17) is 0 Å². The summed E-state index contributed by atoms with van der Waals surface area (Å²) < 4.78 is 0.952. The molecule has 128 valence electrons. The van der Waals surface area contributed by atoms with Gasteiger partial charge in [-0.25, -0.2) is 4.98 Å². The van der Waals surface area contributed by atoms with Crippen LogP contribution < -0.4 is 10.6 Å². The van der Waals surface area contributed by atoms with Crippen molar-refractivity contribution in [1.82, 2.24) is 10.3 Å². The van der Waals surface area contributed by atoms with Crippen LogP contribution in [0.1, 0.15) is 23.6 Å². The van der Waals surface area contributed by atoms with Crippen molar-refractivity contribution in [3.8, 4) is 0 Å². The largest absolute Gasteiger partial charge is 0.352 e. The number of nitrogens with one attached hydrogen (secondary N) is 2. The van der Waals surface area contributed by atoms with Crippen molar-refractivity contribution in [2.24, 2.45) is 0 Å². The van der Waals surface area contributed by atoms with Crippen LogP contribution in [0.25, 0.3) is 10.2 Å². The predicted octanol–water partition coefficient (Wildman–Crippen LogP) is 3.42. The lowest BCUT2D eigenvalue weighted by Crippen LogP contribution is -2.24. The summed E-state index contributed by atoms with van der Waals surface area (Å²) in [5, 5.41) is 6.21. The van der Waals surface area contributed by atoms with Crippen molar-refractivity contribution >= 4 is 38.5 Å². The quantitative estimate of drug-likeness (QED) is 0.738. The highest BCUT2D eigenvalue weighted by Gasteiger charge is 2.08. The molecule has 5 nitrogen and oxygen atoms in total. The lowest BCUT2D eigenvalue weighted by molar-refractivity contribution is -0.120. The van der Waals surface area contributed by atoms with Crippen LogP contribution in [0, 0.1) is 6.92 Å². The fourth-order valence-electron chi connectivity index (χ4n) is 2.55. The summed E-state index contributed by atoms with van der Waals surface area (Å²) in [7, 11) is 0. The zero-order valence-corrected chi connectivity index (χ0v) is 14.9. The Morgan fingerprint density at radius 2 is 1.96 bits per heavy atom. The number of carbonyl (C=O) groups excluding carboxylic acids is 2. The monoisotopic (exact) mass is 353 g/mol. The molecule has 0 aliphatic heterocycles. The van der Waals surface area contributed by atoms with Crippen LogP contribution in [0.15, 0.2) is 42.5 Å². The minimum atomic E-state index is -0.144. The van der Waals surface area contributed by atoms with Gasteiger partial charge in [0.05, 0.1) is 16.6 Å². The van der Waals surface area contributed by atoms with E-state index >= 15 is 0 Å². The second-order valence-corrected chi connectivity index (χ2v) is 6.98. The van der Waals surface area contributed by atoms with Gasteiger partial charge in [0, 0.05) is 13.5 Å². The van der Waals surface area contributed by atoms with Crippen molar-refractivity contribution in [2.75, 3.05) is 5.32 Å². The van der Waals surface area contributed by atoms with Gasteiger partial charge in [-0.2, -0.15) is 0 Å². The normalized spacial score (nSPS) is 10.6. The minimum Gasteiger partial charge on any atom is -0.352 e. The first-order valence-corrected chi connectivity index (χ1v) is 8.80. The number of carbonyl (C=O) groups is 2. The van der Waals surface area contributed by atoms with Gasteiger partial charge in [-0.15, -0.1) is 0 Å². The molecule has 3 rings (SSSR count). The highest BCUT2D eigenvalue weighted by molar-refractivity contribution is 7.22. The highest BCUT2D eigenvalue weighted by atomic mass is 32.1. The van der Waals surface area contributed by atoms with Gasteiger partial charge in [0.15, 0.2) is 5.13 Å². The van der Waals surface area contributed by atoms with Crippen molar-refractivity contribution in [1.29, 1.82) is 0 Å². The van der Waals surface area contributed by atoms with E-state index in [1.54, 1.807) is 0 Å². The number of rotatable bonds is 5. The molecule has 0 saturated heterocycles. The van der Waals surface area contributed by atoms with E-state index in [0.29, 0.717) is 18.1 Å². The second-order valence-electron chi connectivity index (χ2n) is 5.94. The van der Waals surface area contributed by atoms with E-state index in [1.165, 1.54) is 23.8 Å². The molecule has 2 N–H and O–H groups in total. The topological polar surface area (TPSA) is 71.1 Å². The van der Waals surface area contributed by atoms with Gasteiger partial charge in [0.25, 0.3) is 0 Å². The number of amides is 2. The highest BCUT2D eigenvalue weighted by Crippen LogP contribution is 2.26. The standard InChI is InChI=1S/C19H19N3O2S/c1-12-4-3-5-15(8-12)11-20-18(24)10-14-6-7-16-17(9-14)25-19(22-16)21-13(2)23/h3-9H,10-11H2,1-2H3,(H,20,24)(H,21,22,23). The second kappa shape index (κ2) is 7.44. The molecule has 2 amide bonds. The summed E-state index contributed by atoms with van der Waals surface area (Å²) in [6.45, 7) is 4.01.